The SMILES string of the molecule is CCC1(COCCOc2cc3oc4cc(OCOCC5(CC)COC5)c(-c5ccc6c(c5)C(C)(C)c5ccccc5-6)cc4c3cc2-c2ccc3c(c2)C(C)(C)c2ccccc2-3)COC1. The van der Waals surface area contributed by atoms with Crippen molar-refractivity contribution in [1.29, 1.82) is 0 Å². The van der Waals surface area contributed by atoms with Gasteiger partial charge in [0.15, 0.2) is 6.79 Å². The van der Waals surface area contributed by atoms with Crippen LogP contribution in [0.5, 0.6) is 11.5 Å². The number of hydrogen-bond acceptors (Lipinski definition) is 7. The topological polar surface area (TPSA) is 68.5 Å². The average Bonchev–Trinajstić information content (AvgIpc) is 3.83. The van der Waals surface area contributed by atoms with Gasteiger partial charge in [-0.15, -0.1) is 0 Å². The Kier molecular flexibility index (Phi) is 10.1. The average molecular weight is 855 g/mol. The summed E-state index contributed by atoms with van der Waals surface area (Å²) in [5.74, 6) is 1.47. The van der Waals surface area contributed by atoms with Crippen LogP contribution in [-0.4, -0.2) is 59.6 Å². The van der Waals surface area contributed by atoms with Crippen LogP contribution in [0.1, 0.15) is 76.6 Å². The minimum atomic E-state index is -0.150. The standard InChI is InChI=1S/C57H58O7/c1-7-56(30-59-31-56)29-58-21-22-62-50-27-52-44(25-42(50)36-17-19-40-38-13-9-11-15-46(38)54(3,4)48(40)23-36)45-26-43(51(28-53(45)64-52)63-35-61-34-57(8-2)32-60-33-57)37-18-20-41-39-14-10-12-16-47(39)55(5,6)49(41)24-37/h9-20,23-28H,7-8,21-22,29-35H2,1-6H3. The van der Waals surface area contributed by atoms with Gasteiger partial charge in [-0.25, -0.2) is 0 Å². The van der Waals surface area contributed by atoms with Crippen LogP contribution in [0.2, 0.25) is 0 Å². The molecule has 64 heavy (non-hydrogen) atoms. The first-order valence-electron chi connectivity index (χ1n) is 23.1. The van der Waals surface area contributed by atoms with Crippen molar-refractivity contribution in [2.24, 2.45) is 10.8 Å². The molecule has 7 aromatic rings. The van der Waals surface area contributed by atoms with Gasteiger partial charge < -0.3 is 32.8 Å². The lowest BCUT2D eigenvalue weighted by Gasteiger charge is -2.40. The van der Waals surface area contributed by atoms with Crippen LogP contribution in [0.4, 0.5) is 0 Å². The van der Waals surface area contributed by atoms with Crippen LogP contribution in [0, 0.1) is 10.8 Å². The molecule has 6 aromatic carbocycles. The van der Waals surface area contributed by atoms with Gasteiger partial charge in [0.1, 0.15) is 29.3 Å². The van der Waals surface area contributed by atoms with Gasteiger partial charge in [0, 0.05) is 55.7 Å². The number of hydrogen-bond donors (Lipinski definition) is 0. The van der Waals surface area contributed by atoms with Gasteiger partial charge in [0.05, 0.1) is 46.2 Å². The second-order valence-electron chi connectivity index (χ2n) is 19.9. The molecule has 328 valence electrons. The molecule has 0 spiro atoms. The fourth-order valence-electron chi connectivity index (χ4n) is 10.7. The third-order valence-electron chi connectivity index (χ3n) is 15.2. The van der Waals surface area contributed by atoms with E-state index in [1.165, 1.54) is 44.5 Å². The first-order chi connectivity index (χ1) is 31.0. The zero-order valence-electron chi connectivity index (χ0n) is 38.0. The molecule has 1 aromatic heterocycles. The molecular weight excluding hydrogens is 797 g/mol. The molecule has 0 atom stereocenters. The predicted octanol–water partition coefficient (Wildman–Crippen LogP) is 13.1. The van der Waals surface area contributed by atoms with Gasteiger partial charge in [-0.3, -0.25) is 0 Å². The summed E-state index contributed by atoms with van der Waals surface area (Å²) in [5, 5.41) is 2.02. The summed E-state index contributed by atoms with van der Waals surface area (Å²) in [7, 11) is 0. The second-order valence-corrected chi connectivity index (χ2v) is 19.9. The summed E-state index contributed by atoms with van der Waals surface area (Å²) in [6, 6.07) is 39.9. The van der Waals surface area contributed by atoms with Gasteiger partial charge in [-0.05, 0) is 92.7 Å². The summed E-state index contributed by atoms with van der Waals surface area (Å²) >= 11 is 0. The van der Waals surface area contributed by atoms with Crippen LogP contribution in [-0.2, 0) is 29.8 Å². The maximum atomic E-state index is 6.77. The first kappa shape index (κ1) is 41.3. The van der Waals surface area contributed by atoms with E-state index < -0.39 is 0 Å². The van der Waals surface area contributed by atoms with Crippen molar-refractivity contribution in [2.45, 2.75) is 65.2 Å². The Labute approximate surface area is 376 Å². The van der Waals surface area contributed by atoms with E-state index in [0.29, 0.717) is 32.2 Å². The fourth-order valence-corrected chi connectivity index (χ4v) is 10.7. The molecule has 7 nitrogen and oxygen atoms in total. The quantitative estimate of drug-likeness (QED) is 0.0751. The molecule has 2 aliphatic carbocycles. The molecule has 11 rings (SSSR count). The third-order valence-corrected chi connectivity index (χ3v) is 15.2. The summed E-state index contributed by atoms with van der Waals surface area (Å²) in [6.45, 7) is 18.9. The van der Waals surface area contributed by atoms with Crippen molar-refractivity contribution < 1.29 is 32.8 Å². The first-order valence-corrected chi connectivity index (χ1v) is 23.1. The maximum Gasteiger partial charge on any atom is 0.189 e. The van der Waals surface area contributed by atoms with Crippen molar-refractivity contribution in [1.82, 2.24) is 0 Å². The monoisotopic (exact) mass is 854 g/mol. The van der Waals surface area contributed by atoms with E-state index in [1.807, 2.05) is 6.07 Å². The molecular formula is C57H58O7. The van der Waals surface area contributed by atoms with Crippen molar-refractivity contribution in [3.8, 4) is 56.0 Å². The van der Waals surface area contributed by atoms with Crippen LogP contribution < -0.4 is 9.47 Å². The van der Waals surface area contributed by atoms with Crippen molar-refractivity contribution in [2.75, 3.05) is 59.6 Å². The van der Waals surface area contributed by atoms with Gasteiger partial charge in [0.2, 0.25) is 0 Å². The molecule has 0 saturated carbocycles. The highest BCUT2D eigenvalue weighted by atomic mass is 16.7. The molecule has 0 bridgehead atoms. The van der Waals surface area contributed by atoms with Gasteiger partial charge >= 0.3 is 0 Å². The van der Waals surface area contributed by atoms with E-state index in [0.717, 1.165) is 89.2 Å². The van der Waals surface area contributed by atoms with E-state index in [-0.39, 0.29) is 28.5 Å². The molecule has 0 unspecified atom stereocenters. The molecule has 2 fully saturated rings. The van der Waals surface area contributed by atoms with E-state index in [4.69, 9.17) is 32.8 Å². The Bertz CT molecular complexity index is 2920. The highest BCUT2D eigenvalue weighted by Gasteiger charge is 2.39. The Morgan fingerprint density at radius 2 is 0.938 bits per heavy atom. The highest BCUT2D eigenvalue weighted by molar-refractivity contribution is 6.09. The maximum absolute atomic E-state index is 6.77. The second kappa shape index (κ2) is 15.6. The Morgan fingerprint density at radius 3 is 1.42 bits per heavy atom. The number of furan rings is 1. The molecule has 0 radical (unpaired) electrons. The zero-order valence-corrected chi connectivity index (χ0v) is 38.0. The van der Waals surface area contributed by atoms with Crippen LogP contribution in [0.25, 0.3) is 66.4 Å². The van der Waals surface area contributed by atoms with Gasteiger partial charge in [0.25, 0.3) is 0 Å². The van der Waals surface area contributed by atoms with E-state index in [2.05, 4.69) is 145 Å². The Balaban J connectivity index is 1.01. The van der Waals surface area contributed by atoms with Crippen LogP contribution in [0.15, 0.2) is 114 Å². The smallest absolute Gasteiger partial charge is 0.189 e. The van der Waals surface area contributed by atoms with E-state index in [1.54, 1.807) is 0 Å². The Morgan fingerprint density at radius 1 is 0.469 bits per heavy atom. The number of ether oxygens (including phenoxy) is 6. The normalized spacial score (nSPS) is 17.9. The fraction of sp³-hybridized carbons (Fsp3) is 0.368. The molecule has 7 heteroatoms. The summed E-state index contributed by atoms with van der Waals surface area (Å²) < 4.78 is 43.6. The lowest BCUT2D eigenvalue weighted by molar-refractivity contribution is -0.162. The third kappa shape index (κ3) is 6.69. The van der Waals surface area contributed by atoms with Gasteiger partial charge in [-0.2, -0.15) is 0 Å². The molecule has 0 amide bonds. The molecule has 3 heterocycles. The number of benzene rings is 6. The molecule has 2 aliphatic heterocycles. The largest absolute Gasteiger partial charge is 0.490 e. The molecule has 4 aliphatic rings. The minimum Gasteiger partial charge on any atom is -0.490 e. The zero-order chi connectivity index (χ0) is 43.8. The minimum absolute atomic E-state index is 0.0564. The van der Waals surface area contributed by atoms with Gasteiger partial charge in [-0.1, -0.05) is 114 Å². The summed E-state index contributed by atoms with van der Waals surface area (Å²) in [5.41, 5.74) is 16.0. The van der Waals surface area contributed by atoms with Crippen LogP contribution >= 0.6 is 0 Å². The summed E-state index contributed by atoms with van der Waals surface area (Å²) in [6.07, 6.45) is 2.04. The lowest BCUT2D eigenvalue weighted by atomic mass is 9.81. The van der Waals surface area contributed by atoms with Crippen molar-refractivity contribution in [3.63, 3.8) is 0 Å². The van der Waals surface area contributed by atoms with Crippen molar-refractivity contribution >= 4 is 21.9 Å². The van der Waals surface area contributed by atoms with E-state index >= 15 is 0 Å². The summed E-state index contributed by atoms with van der Waals surface area (Å²) in [4.78, 5) is 0. The number of fused-ring (bicyclic) bond motifs is 9. The predicted molar refractivity (Wildman–Crippen MR) is 255 cm³/mol. The van der Waals surface area contributed by atoms with Crippen LogP contribution in [0.3, 0.4) is 0 Å². The molecule has 2 saturated heterocycles. The number of rotatable bonds is 15. The molecule has 0 N–H and O–H groups in total. The Hall–Kier alpha value is -5.44. The van der Waals surface area contributed by atoms with Crippen molar-refractivity contribution in [3.05, 3.63) is 131 Å². The lowest BCUT2D eigenvalue weighted by Crippen LogP contribution is -2.45. The highest BCUT2D eigenvalue weighted by Crippen LogP contribution is 2.52. The van der Waals surface area contributed by atoms with E-state index in [9.17, 15) is 0 Å².